The zero-order chi connectivity index (χ0) is 29.5. The second kappa shape index (κ2) is 16.6. The molecular weight excluding hydrogens is 514 g/mol. The van der Waals surface area contributed by atoms with Gasteiger partial charge in [0.25, 0.3) is 0 Å². The number of H-pyrrole nitrogens is 1. The maximum Gasteiger partial charge on any atom is 0.326 e. The summed E-state index contributed by atoms with van der Waals surface area (Å²) in [4.78, 5) is 72.3. The van der Waals surface area contributed by atoms with Gasteiger partial charge >= 0.3 is 11.9 Å². The van der Waals surface area contributed by atoms with Crippen LogP contribution in [0.1, 0.15) is 51.6 Å². The third kappa shape index (κ3) is 12.3. The Hall–Kier alpha value is -4.21. The first-order valence-electron chi connectivity index (χ1n) is 12.5. The van der Waals surface area contributed by atoms with Crippen LogP contribution in [0.2, 0.25) is 0 Å². The van der Waals surface area contributed by atoms with Gasteiger partial charge in [0.05, 0.1) is 12.4 Å². The molecule has 0 saturated heterocycles. The highest BCUT2D eigenvalue weighted by Crippen LogP contribution is 2.10. The summed E-state index contributed by atoms with van der Waals surface area (Å²) >= 11 is 0. The third-order valence-corrected chi connectivity index (χ3v) is 5.97. The minimum atomic E-state index is -1.38. The Morgan fingerprint density at radius 2 is 1.67 bits per heavy atom. The highest BCUT2D eigenvalue weighted by molar-refractivity contribution is 5.94. The molecule has 5 atom stereocenters. The zero-order valence-corrected chi connectivity index (χ0v) is 22.1. The number of aliphatic carboxylic acids is 2. The van der Waals surface area contributed by atoms with Crippen LogP contribution in [0.4, 0.5) is 0 Å². The van der Waals surface area contributed by atoms with E-state index in [9.17, 15) is 29.1 Å². The van der Waals surface area contributed by atoms with Crippen LogP contribution >= 0.6 is 0 Å². The fourth-order valence-corrected chi connectivity index (χ4v) is 3.50. The number of nitrogens with two attached hydrogens (primary N) is 3. The summed E-state index contributed by atoms with van der Waals surface area (Å²) < 4.78 is 0. The number of carboxylic acid groups (broad SMARTS) is 2. The SMILES string of the molecule is CCC(C)C(NC(=O)C(CCC(=O)O)NC(=O)C(Cc1cnc[nH]1)NC(=O)C(N)CCCN=C(N)N)C(=O)O. The number of hydrogen-bond donors (Lipinski definition) is 9. The Bertz CT molecular complexity index is 996. The van der Waals surface area contributed by atoms with Gasteiger partial charge in [0.15, 0.2) is 5.96 Å². The molecule has 1 aromatic rings. The largest absolute Gasteiger partial charge is 0.481 e. The Morgan fingerprint density at radius 1 is 1.03 bits per heavy atom. The lowest BCUT2D eigenvalue weighted by Crippen LogP contribution is -2.58. The summed E-state index contributed by atoms with van der Waals surface area (Å²) in [7, 11) is 0. The van der Waals surface area contributed by atoms with Crippen molar-refractivity contribution >= 4 is 35.6 Å². The standard InChI is InChI=1S/C23H39N9O7/c1-3-12(2)18(22(38)39)32-20(36)15(6-7-17(33)34)30-21(37)16(9-13-10-27-11-29-13)31-19(35)14(24)5-4-8-28-23(25)26/h10-12,14-16,18H,3-9,24H2,1-2H3,(H,27,29)(H,30,37)(H,31,35)(H,32,36)(H,33,34)(H,38,39)(H4,25,26,28). The van der Waals surface area contributed by atoms with Gasteiger partial charge in [-0.2, -0.15) is 0 Å². The maximum absolute atomic E-state index is 13.2. The zero-order valence-electron chi connectivity index (χ0n) is 22.1. The number of nitrogens with zero attached hydrogens (tertiary/aromatic N) is 2. The van der Waals surface area contributed by atoms with E-state index in [1.807, 2.05) is 0 Å². The van der Waals surface area contributed by atoms with Crippen LogP contribution in [-0.4, -0.2) is 86.5 Å². The van der Waals surface area contributed by atoms with Crippen molar-refractivity contribution in [2.24, 2.45) is 28.1 Å². The fraction of sp³-hybridized carbons (Fsp3) is 0.609. The molecular formula is C23H39N9O7. The van der Waals surface area contributed by atoms with Crippen molar-refractivity contribution in [2.75, 3.05) is 6.54 Å². The van der Waals surface area contributed by atoms with Crippen LogP contribution in [-0.2, 0) is 30.4 Å². The maximum atomic E-state index is 13.2. The molecule has 0 radical (unpaired) electrons. The quantitative estimate of drug-likeness (QED) is 0.0533. The second-order valence-electron chi connectivity index (χ2n) is 9.10. The molecule has 0 aliphatic heterocycles. The summed E-state index contributed by atoms with van der Waals surface area (Å²) in [6.07, 6.45) is 3.07. The van der Waals surface area contributed by atoms with Crippen LogP contribution < -0.4 is 33.2 Å². The minimum Gasteiger partial charge on any atom is -0.481 e. The van der Waals surface area contributed by atoms with Crippen molar-refractivity contribution in [3.8, 4) is 0 Å². The summed E-state index contributed by atoms with van der Waals surface area (Å²) in [5.41, 5.74) is 17.0. The van der Waals surface area contributed by atoms with E-state index in [-0.39, 0.29) is 31.8 Å². The highest BCUT2D eigenvalue weighted by atomic mass is 16.4. The summed E-state index contributed by atoms with van der Waals surface area (Å²) in [6.45, 7) is 3.65. The van der Waals surface area contributed by atoms with Gasteiger partial charge in [0.1, 0.15) is 18.1 Å². The van der Waals surface area contributed by atoms with E-state index in [2.05, 4.69) is 30.9 Å². The summed E-state index contributed by atoms with van der Waals surface area (Å²) in [5.74, 6) is -5.31. The first kappa shape index (κ1) is 32.8. The molecule has 218 valence electrons. The van der Waals surface area contributed by atoms with Crippen LogP contribution in [0.5, 0.6) is 0 Å². The topological polar surface area (TPSA) is 281 Å². The first-order chi connectivity index (χ1) is 18.3. The molecule has 0 aliphatic carbocycles. The lowest BCUT2D eigenvalue weighted by molar-refractivity contribution is -0.144. The molecule has 0 fully saturated rings. The van der Waals surface area contributed by atoms with Gasteiger partial charge in [-0.3, -0.25) is 24.2 Å². The number of guanidine groups is 1. The van der Waals surface area contributed by atoms with E-state index in [1.165, 1.54) is 12.5 Å². The lowest BCUT2D eigenvalue weighted by Gasteiger charge is -2.26. The van der Waals surface area contributed by atoms with Gasteiger partial charge in [-0.25, -0.2) is 9.78 Å². The van der Waals surface area contributed by atoms with Crippen molar-refractivity contribution in [2.45, 2.75) is 76.5 Å². The molecule has 16 heteroatoms. The average Bonchev–Trinajstić information content (AvgIpc) is 3.38. The van der Waals surface area contributed by atoms with Gasteiger partial charge in [-0.05, 0) is 25.2 Å². The monoisotopic (exact) mass is 553 g/mol. The molecule has 0 aliphatic rings. The number of aliphatic imine (C=N–C) groups is 1. The molecule has 16 nitrogen and oxygen atoms in total. The molecule has 5 unspecified atom stereocenters. The van der Waals surface area contributed by atoms with Gasteiger partial charge in [-0.15, -0.1) is 0 Å². The van der Waals surface area contributed by atoms with Crippen molar-refractivity contribution in [3.63, 3.8) is 0 Å². The number of rotatable bonds is 18. The van der Waals surface area contributed by atoms with Crippen molar-refractivity contribution in [1.29, 1.82) is 0 Å². The predicted octanol–water partition coefficient (Wildman–Crippen LogP) is -2.22. The number of hydrogen-bond acceptors (Lipinski definition) is 8. The Balaban J connectivity index is 3.05. The number of carbonyl (C=O) groups is 5. The number of amides is 3. The van der Waals surface area contributed by atoms with E-state index in [4.69, 9.17) is 22.3 Å². The normalized spacial score (nSPS) is 14.6. The van der Waals surface area contributed by atoms with E-state index >= 15 is 0 Å². The van der Waals surface area contributed by atoms with Crippen LogP contribution in [0.3, 0.4) is 0 Å². The van der Waals surface area contributed by atoms with Crippen molar-refractivity contribution < 1.29 is 34.2 Å². The van der Waals surface area contributed by atoms with Crippen LogP contribution in [0.15, 0.2) is 17.5 Å². The van der Waals surface area contributed by atoms with E-state index in [0.717, 1.165) is 0 Å². The van der Waals surface area contributed by atoms with E-state index in [0.29, 0.717) is 18.5 Å². The molecule has 0 aromatic carbocycles. The number of carboxylic acids is 2. The Morgan fingerprint density at radius 3 is 2.21 bits per heavy atom. The number of aromatic nitrogens is 2. The average molecular weight is 554 g/mol. The van der Waals surface area contributed by atoms with Crippen LogP contribution in [0.25, 0.3) is 0 Å². The van der Waals surface area contributed by atoms with E-state index < -0.39 is 66.2 Å². The highest BCUT2D eigenvalue weighted by Gasteiger charge is 2.32. The molecule has 0 saturated carbocycles. The number of aromatic amines is 1. The smallest absolute Gasteiger partial charge is 0.326 e. The summed E-state index contributed by atoms with van der Waals surface area (Å²) in [6, 6.07) is -4.83. The first-order valence-corrected chi connectivity index (χ1v) is 12.5. The fourth-order valence-electron chi connectivity index (χ4n) is 3.50. The molecule has 3 amide bonds. The Labute approximate surface area is 225 Å². The molecule has 1 heterocycles. The second-order valence-corrected chi connectivity index (χ2v) is 9.10. The van der Waals surface area contributed by atoms with Crippen LogP contribution in [0, 0.1) is 5.92 Å². The van der Waals surface area contributed by atoms with Gasteiger partial charge < -0.3 is 48.3 Å². The molecule has 0 spiro atoms. The van der Waals surface area contributed by atoms with Gasteiger partial charge in [-0.1, -0.05) is 20.3 Å². The summed E-state index contributed by atoms with van der Waals surface area (Å²) in [5, 5.41) is 26.0. The number of imidazole rings is 1. The number of carbonyl (C=O) groups excluding carboxylic acids is 3. The molecule has 39 heavy (non-hydrogen) atoms. The van der Waals surface area contributed by atoms with Gasteiger partial charge in [0, 0.05) is 31.3 Å². The predicted molar refractivity (Wildman–Crippen MR) is 140 cm³/mol. The van der Waals surface area contributed by atoms with Crippen molar-refractivity contribution in [3.05, 3.63) is 18.2 Å². The molecule has 12 N–H and O–H groups in total. The van der Waals surface area contributed by atoms with Crippen molar-refractivity contribution in [1.82, 2.24) is 25.9 Å². The molecule has 1 rings (SSSR count). The number of nitrogens with one attached hydrogen (secondary N) is 4. The lowest BCUT2D eigenvalue weighted by atomic mass is 9.98. The Kier molecular flexibility index (Phi) is 14.0. The third-order valence-electron chi connectivity index (χ3n) is 5.97. The molecule has 1 aromatic heterocycles. The minimum absolute atomic E-state index is 0.0455. The van der Waals surface area contributed by atoms with Gasteiger partial charge in [0.2, 0.25) is 17.7 Å². The van der Waals surface area contributed by atoms with E-state index in [1.54, 1.807) is 13.8 Å². The molecule has 0 bridgehead atoms.